The zero-order chi connectivity index (χ0) is 20.4. The molecule has 1 aliphatic rings. The van der Waals surface area contributed by atoms with Crippen molar-refractivity contribution in [3.63, 3.8) is 0 Å². The van der Waals surface area contributed by atoms with E-state index in [1.165, 1.54) is 36.0 Å². The summed E-state index contributed by atoms with van der Waals surface area (Å²) in [6.07, 6.45) is 1.62. The third-order valence-electron chi connectivity index (χ3n) is 4.60. The molecule has 0 unspecified atom stereocenters. The summed E-state index contributed by atoms with van der Waals surface area (Å²) in [5, 5.41) is 10.9. The van der Waals surface area contributed by atoms with Gasteiger partial charge in [0.05, 0.1) is 11.7 Å². The Kier molecular flexibility index (Phi) is 5.48. The Balaban J connectivity index is 1.67. The first-order valence-electron chi connectivity index (χ1n) is 9.25. The summed E-state index contributed by atoms with van der Waals surface area (Å²) in [5.41, 5.74) is 4.13. The number of thioether (sulfide) groups is 1. The number of hydrogen-bond donors (Lipinski definition) is 2. The number of amides is 1. The van der Waals surface area contributed by atoms with E-state index in [-0.39, 0.29) is 17.4 Å². The highest BCUT2D eigenvalue weighted by molar-refractivity contribution is 8.00. The van der Waals surface area contributed by atoms with Gasteiger partial charge in [-0.3, -0.25) is 4.79 Å². The molecule has 4 rings (SSSR count). The van der Waals surface area contributed by atoms with Crippen molar-refractivity contribution in [1.82, 2.24) is 14.9 Å². The predicted molar refractivity (Wildman–Crippen MR) is 107 cm³/mol. The molecule has 0 spiro atoms. The first kappa shape index (κ1) is 19.4. The number of hydrogen-bond acceptors (Lipinski definition) is 5. The Morgan fingerprint density at radius 3 is 2.66 bits per heavy atom. The molecule has 29 heavy (non-hydrogen) atoms. The van der Waals surface area contributed by atoms with Gasteiger partial charge in [0.1, 0.15) is 16.9 Å². The van der Waals surface area contributed by atoms with E-state index >= 15 is 0 Å². The van der Waals surface area contributed by atoms with Crippen LogP contribution in [-0.2, 0) is 11.2 Å². The van der Waals surface area contributed by atoms with Crippen LogP contribution in [0.5, 0.6) is 0 Å². The van der Waals surface area contributed by atoms with Gasteiger partial charge in [-0.2, -0.15) is 0 Å². The molecular weight excluding hydrogens is 396 g/mol. The number of para-hydroxylation sites is 1. The van der Waals surface area contributed by atoms with E-state index in [0.29, 0.717) is 5.16 Å². The van der Waals surface area contributed by atoms with Gasteiger partial charge in [-0.15, -0.1) is 10.2 Å². The van der Waals surface area contributed by atoms with Crippen molar-refractivity contribution >= 4 is 23.4 Å². The van der Waals surface area contributed by atoms with Gasteiger partial charge < -0.3 is 10.7 Å². The van der Waals surface area contributed by atoms with Crippen molar-refractivity contribution in [2.24, 2.45) is 0 Å². The molecule has 2 heterocycles. The van der Waals surface area contributed by atoms with Crippen LogP contribution in [0, 0.1) is 11.6 Å². The quantitative estimate of drug-likeness (QED) is 0.661. The average molecular weight is 415 g/mol. The number of halogens is 2. The van der Waals surface area contributed by atoms with Crippen molar-refractivity contribution in [2.75, 3.05) is 10.7 Å². The molecule has 150 valence electrons. The fourth-order valence-corrected chi connectivity index (χ4v) is 4.27. The van der Waals surface area contributed by atoms with Crippen molar-refractivity contribution in [3.8, 4) is 0 Å². The second-order valence-corrected chi connectivity index (χ2v) is 7.76. The minimum atomic E-state index is -0.661. The lowest BCUT2D eigenvalue weighted by Gasteiger charge is -2.33. The summed E-state index contributed by atoms with van der Waals surface area (Å²) in [7, 11) is 0. The summed E-state index contributed by atoms with van der Waals surface area (Å²) in [4.78, 5) is 13.0. The van der Waals surface area contributed by atoms with E-state index in [1.54, 1.807) is 28.9 Å². The minimum Gasteiger partial charge on any atom is -0.323 e. The van der Waals surface area contributed by atoms with Crippen LogP contribution in [-0.4, -0.2) is 26.0 Å². The predicted octanol–water partition coefficient (Wildman–Crippen LogP) is 3.91. The van der Waals surface area contributed by atoms with Gasteiger partial charge >= 0.3 is 0 Å². The van der Waals surface area contributed by atoms with Crippen LogP contribution >= 0.6 is 11.8 Å². The van der Waals surface area contributed by atoms with E-state index in [4.69, 9.17) is 0 Å². The molecule has 1 aliphatic heterocycles. The van der Waals surface area contributed by atoms with E-state index in [2.05, 4.69) is 20.9 Å². The number of fused-ring (bicyclic) bond motifs is 1. The summed E-state index contributed by atoms with van der Waals surface area (Å²) < 4.78 is 29.2. The number of nitrogens with one attached hydrogen (secondary N) is 2. The van der Waals surface area contributed by atoms with E-state index in [9.17, 15) is 13.6 Å². The van der Waals surface area contributed by atoms with Crippen molar-refractivity contribution in [2.45, 2.75) is 36.2 Å². The van der Waals surface area contributed by atoms with Gasteiger partial charge in [0, 0.05) is 6.42 Å². The highest BCUT2D eigenvalue weighted by atomic mass is 32.2. The second-order valence-electron chi connectivity index (χ2n) is 6.65. The molecule has 2 N–H and O–H groups in total. The normalized spacial score (nSPS) is 18.0. The maximum atomic E-state index is 14.0. The Bertz CT molecular complexity index is 1020. The molecule has 3 aromatic rings. The molecule has 0 aliphatic carbocycles. The number of benzene rings is 2. The molecule has 0 saturated heterocycles. The van der Waals surface area contributed by atoms with Crippen LogP contribution in [0.2, 0.25) is 0 Å². The molecular formula is C20H19F2N5OS. The number of nitrogens with zero attached hydrogens (tertiary/aromatic N) is 3. The van der Waals surface area contributed by atoms with Crippen LogP contribution < -0.4 is 10.7 Å². The standard InChI is InChI=1S/C20H19F2N5OS/c1-2-5-16-24-25-20-27(16)26-17(12-8-10-13(21)11-9-12)18(29-20)19(28)23-15-7-4-3-6-14(15)22/h3-4,6-11,17-18,26H,2,5H2,1H3,(H,23,28)/t17-,18-/m0/s1. The third-order valence-corrected chi connectivity index (χ3v) is 5.81. The Morgan fingerprint density at radius 1 is 1.17 bits per heavy atom. The molecule has 0 saturated carbocycles. The summed E-state index contributed by atoms with van der Waals surface area (Å²) >= 11 is 1.24. The lowest BCUT2D eigenvalue weighted by Crippen LogP contribution is -2.41. The molecule has 2 atom stereocenters. The Morgan fingerprint density at radius 2 is 1.93 bits per heavy atom. The smallest absolute Gasteiger partial charge is 0.240 e. The fraction of sp³-hybridized carbons (Fsp3) is 0.250. The van der Waals surface area contributed by atoms with Crippen LogP contribution in [0.4, 0.5) is 14.5 Å². The van der Waals surface area contributed by atoms with Gasteiger partial charge in [-0.1, -0.05) is 43.0 Å². The molecule has 0 fully saturated rings. The number of aryl methyl sites for hydroxylation is 1. The molecule has 2 aromatic carbocycles. The first-order chi connectivity index (χ1) is 14.1. The molecule has 0 radical (unpaired) electrons. The van der Waals surface area contributed by atoms with E-state index in [0.717, 1.165) is 24.2 Å². The van der Waals surface area contributed by atoms with Gasteiger partial charge in [-0.05, 0) is 36.2 Å². The van der Waals surface area contributed by atoms with Gasteiger partial charge in [0.2, 0.25) is 11.1 Å². The number of aromatic nitrogens is 3. The highest BCUT2D eigenvalue weighted by Gasteiger charge is 2.38. The van der Waals surface area contributed by atoms with E-state index < -0.39 is 17.1 Å². The lowest BCUT2D eigenvalue weighted by molar-refractivity contribution is -0.116. The largest absolute Gasteiger partial charge is 0.323 e. The number of anilines is 1. The van der Waals surface area contributed by atoms with Gasteiger partial charge in [0.15, 0.2) is 5.82 Å². The molecule has 6 nitrogen and oxygen atoms in total. The van der Waals surface area contributed by atoms with Crippen LogP contribution in [0.1, 0.15) is 30.8 Å². The summed E-state index contributed by atoms with van der Waals surface area (Å²) in [5.74, 6) is -0.495. The molecule has 0 bridgehead atoms. The topological polar surface area (TPSA) is 71.8 Å². The number of carbonyl (C=O) groups excluding carboxylic acids is 1. The van der Waals surface area contributed by atoms with Crippen molar-refractivity contribution < 1.29 is 13.6 Å². The number of carbonyl (C=O) groups is 1. The van der Waals surface area contributed by atoms with Crippen LogP contribution in [0.3, 0.4) is 0 Å². The maximum Gasteiger partial charge on any atom is 0.240 e. The second kappa shape index (κ2) is 8.20. The first-order valence-corrected chi connectivity index (χ1v) is 10.1. The average Bonchev–Trinajstić information content (AvgIpc) is 3.11. The SMILES string of the molecule is CCCc1nnc2n1N[C@@H](c1ccc(F)cc1)[C@@H](C(=O)Nc1ccccc1F)S2. The molecule has 1 aromatic heterocycles. The maximum absolute atomic E-state index is 14.0. The van der Waals surface area contributed by atoms with Crippen molar-refractivity contribution in [3.05, 3.63) is 71.6 Å². The third kappa shape index (κ3) is 3.95. The zero-order valence-electron chi connectivity index (χ0n) is 15.6. The monoisotopic (exact) mass is 415 g/mol. The minimum absolute atomic E-state index is 0.106. The van der Waals surface area contributed by atoms with Crippen LogP contribution in [0.15, 0.2) is 53.7 Å². The summed E-state index contributed by atoms with van der Waals surface area (Å²) in [6.45, 7) is 2.04. The number of rotatable bonds is 5. The van der Waals surface area contributed by atoms with E-state index in [1.807, 2.05) is 6.92 Å². The van der Waals surface area contributed by atoms with Crippen molar-refractivity contribution in [1.29, 1.82) is 0 Å². The lowest BCUT2D eigenvalue weighted by atomic mass is 10.0. The van der Waals surface area contributed by atoms with Crippen LogP contribution in [0.25, 0.3) is 0 Å². The van der Waals surface area contributed by atoms with Gasteiger partial charge in [-0.25, -0.2) is 13.5 Å². The molecule has 1 amide bonds. The Hall–Kier alpha value is -2.94. The summed E-state index contributed by atoms with van der Waals surface area (Å²) in [6, 6.07) is 11.5. The molecule has 9 heteroatoms. The Labute approximate surface area is 170 Å². The highest BCUT2D eigenvalue weighted by Crippen LogP contribution is 2.37. The zero-order valence-corrected chi connectivity index (χ0v) is 16.4. The fourth-order valence-electron chi connectivity index (χ4n) is 3.17. The van der Waals surface area contributed by atoms with Gasteiger partial charge in [0.25, 0.3) is 0 Å².